The Balaban J connectivity index is 2.07. The van der Waals surface area contributed by atoms with Gasteiger partial charge in [0.15, 0.2) is 0 Å². The molecule has 0 amide bonds. The molecule has 0 aliphatic rings. The van der Waals surface area contributed by atoms with Crippen molar-refractivity contribution in [1.29, 1.82) is 0 Å². The number of methoxy groups -OCH3 is 1. The highest BCUT2D eigenvalue weighted by molar-refractivity contribution is 5.39. The van der Waals surface area contributed by atoms with Crippen molar-refractivity contribution in [3.8, 4) is 5.75 Å². The molecular formula is C17H23N3O. The van der Waals surface area contributed by atoms with Crippen molar-refractivity contribution in [1.82, 2.24) is 9.97 Å². The van der Waals surface area contributed by atoms with Crippen LogP contribution in [0.2, 0.25) is 0 Å². The first-order chi connectivity index (χ1) is 10.2. The molecule has 1 aromatic heterocycles. The summed E-state index contributed by atoms with van der Waals surface area (Å²) in [4.78, 5) is 8.37. The van der Waals surface area contributed by atoms with E-state index in [1.165, 1.54) is 5.56 Å². The van der Waals surface area contributed by atoms with E-state index in [1.54, 1.807) is 19.5 Å². The zero-order valence-corrected chi connectivity index (χ0v) is 13.0. The number of hydrogen-bond donors (Lipinski definition) is 1. The predicted octanol–water partition coefficient (Wildman–Crippen LogP) is 3.66. The third-order valence-corrected chi connectivity index (χ3v) is 4.06. The highest BCUT2D eigenvalue weighted by Crippen LogP contribution is 2.36. The third kappa shape index (κ3) is 3.72. The number of para-hydroxylation sites is 1. The minimum Gasteiger partial charge on any atom is -0.496 e. The molecule has 0 aliphatic heterocycles. The first-order valence-electron chi connectivity index (χ1n) is 7.34. The molecule has 21 heavy (non-hydrogen) atoms. The molecule has 1 atom stereocenters. The van der Waals surface area contributed by atoms with Crippen LogP contribution in [0, 0.1) is 0 Å². The maximum Gasteiger partial charge on any atom is 0.222 e. The highest BCUT2D eigenvalue weighted by Gasteiger charge is 2.27. The molecule has 0 bridgehead atoms. The number of nitrogens with zero attached hydrogens (tertiary/aromatic N) is 2. The Hall–Kier alpha value is -2.10. The molecule has 0 unspecified atom stereocenters. The maximum atomic E-state index is 5.51. The van der Waals surface area contributed by atoms with Crippen molar-refractivity contribution in [3.63, 3.8) is 0 Å². The van der Waals surface area contributed by atoms with Gasteiger partial charge >= 0.3 is 0 Å². The lowest BCUT2D eigenvalue weighted by molar-refractivity contribution is 0.370. The van der Waals surface area contributed by atoms with Gasteiger partial charge in [0.2, 0.25) is 5.95 Å². The largest absolute Gasteiger partial charge is 0.496 e. The fraction of sp³-hybridized carbons (Fsp3) is 0.412. The van der Waals surface area contributed by atoms with E-state index in [-0.39, 0.29) is 5.41 Å². The van der Waals surface area contributed by atoms with Gasteiger partial charge in [-0.1, -0.05) is 32.0 Å². The summed E-state index contributed by atoms with van der Waals surface area (Å²) in [5.74, 6) is 1.63. The molecule has 0 fully saturated rings. The zero-order chi connectivity index (χ0) is 15.1. The summed E-state index contributed by atoms with van der Waals surface area (Å²) in [5, 5.41) is 3.28. The lowest BCUT2D eigenvalue weighted by Gasteiger charge is -2.30. The summed E-state index contributed by atoms with van der Waals surface area (Å²) in [6.45, 7) is 5.32. The molecule has 0 aliphatic carbocycles. The number of aromatic nitrogens is 2. The van der Waals surface area contributed by atoms with E-state index < -0.39 is 0 Å². The van der Waals surface area contributed by atoms with Crippen LogP contribution in [0.5, 0.6) is 5.75 Å². The third-order valence-electron chi connectivity index (χ3n) is 4.06. The molecule has 2 rings (SSSR count). The van der Waals surface area contributed by atoms with Gasteiger partial charge in [-0.05, 0) is 30.4 Å². The van der Waals surface area contributed by atoms with Gasteiger partial charge in [-0.3, -0.25) is 0 Å². The van der Waals surface area contributed by atoms with E-state index in [1.807, 2.05) is 18.2 Å². The first kappa shape index (κ1) is 15.3. The Kier molecular flexibility index (Phi) is 5.14. The second-order valence-electron chi connectivity index (χ2n) is 5.36. The summed E-state index contributed by atoms with van der Waals surface area (Å²) >= 11 is 0. The van der Waals surface area contributed by atoms with Crippen molar-refractivity contribution in [2.24, 2.45) is 0 Å². The van der Waals surface area contributed by atoms with Crippen LogP contribution in [0.15, 0.2) is 42.7 Å². The van der Waals surface area contributed by atoms with E-state index in [0.29, 0.717) is 5.95 Å². The Morgan fingerprint density at radius 1 is 1.14 bits per heavy atom. The molecule has 0 spiro atoms. The Morgan fingerprint density at radius 3 is 2.52 bits per heavy atom. The van der Waals surface area contributed by atoms with Gasteiger partial charge in [-0.15, -0.1) is 0 Å². The molecular weight excluding hydrogens is 262 g/mol. The summed E-state index contributed by atoms with van der Waals surface area (Å²) in [5.41, 5.74) is 1.32. The van der Waals surface area contributed by atoms with E-state index in [0.717, 1.165) is 25.1 Å². The van der Waals surface area contributed by atoms with Gasteiger partial charge in [-0.25, -0.2) is 9.97 Å². The van der Waals surface area contributed by atoms with Crippen LogP contribution in [0.25, 0.3) is 0 Å². The standard InChI is InChI=1S/C17H23N3O/c1-4-17(2,14-8-5-6-9-15(14)21-3)10-13-20-16-18-11-7-12-19-16/h5-9,11-12H,4,10,13H2,1-3H3,(H,18,19,20)/t17-/m0/s1. The first-order valence-corrected chi connectivity index (χ1v) is 7.34. The van der Waals surface area contributed by atoms with Crippen LogP contribution in [-0.4, -0.2) is 23.6 Å². The molecule has 1 N–H and O–H groups in total. The molecule has 112 valence electrons. The van der Waals surface area contributed by atoms with Crippen molar-refractivity contribution >= 4 is 5.95 Å². The van der Waals surface area contributed by atoms with Crippen molar-refractivity contribution < 1.29 is 4.74 Å². The van der Waals surface area contributed by atoms with Crippen LogP contribution in [0.4, 0.5) is 5.95 Å². The average molecular weight is 285 g/mol. The second kappa shape index (κ2) is 7.07. The molecule has 2 aromatic rings. The van der Waals surface area contributed by atoms with Gasteiger partial charge in [0.1, 0.15) is 5.75 Å². The number of nitrogens with one attached hydrogen (secondary N) is 1. The number of rotatable bonds is 7. The molecule has 0 radical (unpaired) electrons. The highest BCUT2D eigenvalue weighted by atomic mass is 16.5. The topological polar surface area (TPSA) is 47.0 Å². The molecule has 0 saturated carbocycles. The quantitative estimate of drug-likeness (QED) is 0.843. The monoisotopic (exact) mass is 285 g/mol. The lowest BCUT2D eigenvalue weighted by Crippen LogP contribution is -2.25. The van der Waals surface area contributed by atoms with Gasteiger partial charge < -0.3 is 10.1 Å². The number of benzene rings is 1. The van der Waals surface area contributed by atoms with E-state index >= 15 is 0 Å². The normalized spacial score (nSPS) is 13.5. The smallest absolute Gasteiger partial charge is 0.222 e. The van der Waals surface area contributed by atoms with Gasteiger partial charge in [-0.2, -0.15) is 0 Å². The Morgan fingerprint density at radius 2 is 1.86 bits per heavy atom. The van der Waals surface area contributed by atoms with E-state index in [9.17, 15) is 0 Å². The van der Waals surface area contributed by atoms with Crippen LogP contribution >= 0.6 is 0 Å². The molecule has 1 heterocycles. The zero-order valence-electron chi connectivity index (χ0n) is 13.0. The second-order valence-corrected chi connectivity index (χ2v) is 5.36. The van der Waals surface area contributed by atoms with Gasteiger partial charge in [0.25, 0.3) is 0 Å². The Labute approximate surface area is 126 Å². The summed E-state index contributed by atoms with van der Waals surface area (Å²) in [6, 6.07) is 10.1. The van der Waals surface area contributed by atoms with Gasteiger partial charge in [0, 0.05) is 24.5 Å². The maximum absolute atomic E-state index is 5.51. The van der Waals surface area contributed by atoms with Crippen molar-refractivity contribution in [2.75, 3.05) is 19.0 Å². The minimum absolute atomic E-state index is 0.0639. The number of hydrogen-bond acceptors (Lipinski definition) is 4. The summed E-state index contributed by atoms with van der Waals surface area (Å²) in [6.07, 6.45) is 5.52. The minimum atomic E-state index is 0.0639. The summed E-state index contributed by atoms with van der Waals surface area (Å²) in [7, 11) is 1.73. The van der Waals surface area contributed by atoms with Crippen LogP contribution < -0.4 is 10.1 Å². The predicted molar refractivity (Wildman–Crippen MR) is 85.8 cm³/mol. The fourth-order valence-corrected chi connectivity index (χ4v) is 2.49. The van der Waals surface area contributed by atoms with Crippen LogP contribution in [0.3, 0.4) is 0 Å². The molecule has 0 saturated heterocycles. The number of anilines is 1. The summed E-state index contributed by atoms with van der Waals surface area (Å²) < 4.78 is 5.51. The average Bonchev–Trinajstić information content (AvgIpc) is 2.55. The van der Waals surface area contributed by atoms with Crippen molar-refractivity contribution in [3.05, 3.63) is 48.3 Å². The molecule has 4 heteroatoms. The van der Waals surface area contributed by atoms with Crippen LogP contribution in [0.1, 0.15) is 32.3 Å². The van der Waals surface area contributed by atoms with E-state index in [2.05, 4.69) is 41.3 Å². The van der Waals surface area contributed by atoms with Gasteiger partial charge in [0.05, 0.1) is 7.11 Å². The van der Waals surface area contributed by atoms with Crippen LogP contribution in [-0.2, 0) is 5.41 Å². The lowest BCUT2D eigenvalue weighted by atomic mass is 9.77. The fourth-order valence-electron chi connectivity index (χ4n) is 2.49. The molecule has 4 nitrogen and oxygen atoms in total. The number of ether oxygens (including phenoxy) is 1. The molecule has 1 aromatic carbocycles. The Bertz CT molecular complexity index is 559. The van der Waals surface area contributed by atoms with E-state index in [4.69, 9.17) is 4.74 Å². The van der Waals surface area contributed by atoms with Crippen molar-refractivity contribution in [2.45, 2.75) is 32.1 Å². The SMILES string of the molecule is CC[C@@](C)(CCNc1ncccn1)c1ccccc1OC.